The van der Waals surface area contributed by atoms with Crippen LogP contribution in [0.5, 0.6) is 0 Å². The van der Waals surface area contributed by atoms with Crippen molar-refractivity contribution < 1.29 is 4.79 Å². The number of rotatable bonds is 7. The van der Waals surface area contributed by atoms with Crippen molar-refractivity contribution in [1.82, 2.24) is 10.2 Å². The van der Waals surface area contributed by atoms with E-state index in [0.29, 0.717) is 19.0 Å². The lowest BCUT2D eigenvalue weighted by molar-refractivity contribution is -0.121. The van der Waals surface area contributed by atoms with Gasteiger partial charge in [-0.15, -0.1) is 11.3 Å². The topological polar surface area (TPSA) is 32.3 Å². The highest BCUT2D eigenvalue weighted by atomic mass is 35.5. The maximum Gasteiger partial charge on any atom is 0.220 e. The predicted octanol–water partition coefficient (Wildman–Crippen LogP) is 4.60. The molecule has 2 aromatic rings. The number of hydrogen-bond acceptors (Lipinski definition) is 3. The van der Waals surface area contributed by atoms with Gasteiger partial charge < -0.3 is 5.32 Å². The standard InChI is InChI=1S/C20H25ClN2OS/c1-15-6-7-16(13-17(15)21)8-9-20(24)22-14-18(19-5-4-12-25-19)23-10-2-3-11-23/h4-7,12-13,18H,2-3,8-11,14H2,1H3,(H,22,24). The van der Waals surface area contributed by atoms with Crippen molar-refractivity contribution in [2.45, 2.75) is 38.6 Å². The Balaban J connectivity index is 1.51. The summed E-state index contributed by atoms with van der Waals surface area (Å²) >= 11 is 7.93. The molecule has 2 heterocycles. The highest BCUT2D eigenvalue weighted by Gasteiger charge is 2.24. The summed E-state index contributed by atoms with van der Waals surface area (Å²) in [4.78, 5) is 16.1. The molecule has 5 heteroatoms. The first-order valence-corrected chi connectivity index (χ1v) is 10.2. The third-order valence-corrected chi connectivity index (χ3v) is 6.20. The molecule has 1 amide bonds. The Labute approximate surface area is 159 Å². The molecule has 1 fully saturated rings. The van der Waals surface area contributed by atoms with Gasteiger partial charge in [-0.05, 0) is 67.9 Å². The summed E-state index contributed by atoms with van der Waals surface area (Å²) in [6.07, 6.45) is 3.73. The van der Waals surface area contributed by atoms with E-state index in [1.165, 1.54) is 17.7 Å². The van der Waals surface area contributed by atoms with Gasteiger partial charge in [0.05, 0.1) is 6.04 Å². The summed E-state index contributed by atoms with van der Waals surface area (Å²) in [5, 5.41) is 6.02. The number of hydrogen-bond donors (Lipinski definition) is 1. The van der Waals surface area contributed by atoms with Gasteiger partial charge in [-0.3, -0.25) is 9.69 Å². The van der Waals surface area contributed by atoms with Crippen molar-refractivity contribution >= 4 is 28.8 Å². The monoisotopic (exact) mass is 376 g/mol. The molecule has 0 radical (unpaired) electrons. The summed E-state index contributed by atoms with van der Waals surface area (Å²) < 4.78 is 0. The number of amides is 1. The average Bonchev–Trinajstić information content (AvgIpc) is 3.30. The van der Waals surface area contributed by atoms with Crippen molar-refractivity contribution in [2.75, 3.05) is 19.6 Å². The molecule has 0 aliphatic carbocycles. The van der Waals surface area contributed by atoms with Crippen LogP contribution in [0.25, 0.3) is 0 Å². The van der Waals surface area contributed by atoms with Crippen molar-refractivity contribution in [3.8, 4) is 0 Å². The molecule has 1 aliphatic heterocycles. The smallest absolute Gasteiger partial charge is 0.220 e. The van der Waals surface area contributed by atoms with E-state index >= 15 is 0 Å². The molecule has 1 N–H and O–H groups in total. The Morgan fingerprint density at radius 2 is 2.12 bits per heavy atom. The van der Waals surface area contributed by atoms with Crippen LogP contribution < -0.4 is 5.32 Å². The van der Waals surface area contributed by atoms with E-state index < -0.39 is 0 Å². The number of nitrogens with zero attached hydrogens (tertiary/aromatic N) is 1. The summed E-state index contributed by atoms with van der Waals surface area (Å²) in [7, 11) is 0. The molecule has 25 heavy (non-hydrogen) atoms. The van der Waals surface area contributed by atoms with Gasteiger partial charge in [0.2, 0.25) is 5.91 Å². The summed E-state index contributed by atoms with van der Waals surface area (Å²) in [5.74, 6) is 0.109. The summed E-state index contributed by atoms with van der Waals surface area (Å²) in [5.41, 5.74) is 2.18. The molecule has 1 unspecified atom stereocenters. The Morgan fingerprint density at radius 1 is 1.32 bits per heavy atom. The quantitative estimate of drug-likeness (QED) is 0.766. The Kier molecular flexibility index (Phi) is 6.51. The second kappa shape index (κ2) is 8.84. The molecule has 0 bridgehead atoms. The maximum atomic E-state index is 12.3. The molecule has 1 aliphatic rings. The van der Waals surface area contributed by atoms with Gasteiger partial charge in [-0.2, -0.15) is 0 Å². The lowest BCUT2D eigenvalue weighted by atomic mass is 10.1. The molecule has 0 spiro atoms. The van der Waals surface area contributed by atoms with Crippen LogP contribution in [0.15, 0.2) is 35.7 Å². The summed E-state index contributed by atoms with van der Waals surface area (Å²) in [6, 6.07) is 10.6. The Bertz CT molecular complexity index is 696. The fourth-order valence-electron chi connectivity index (χ4n) is 3.29. The zero-order valence-corrected chi connectivity index (χ0v) is 16.2. The maximum absolute atomic E-state index is 12.3. The second-order valence-corrected chi connectivity index (χ2v) is 8.05. The van der Waals surface area contributed by atoms with Crippen molar-refractivity contribution in [1.29, 1.82) is 0 Å². The van der Waals surface area contributed by atoms with Gasteiger partial charge >= 0.3 is 0 Å². The van der Waals surface area contributed by atoms with Crippen LogP contribution in [0.3, 0.4) is 0 Å². The van der Waals surface area contributed by atoms with E-state index in [1.807, 2.05) is 25.1 Å². The number of benzene rings is 1. The van der Waals surface area contributed by atoms with Gasteiger partial charge in [0.25, 0.3) is 0 Å². The third-order valence-electron chi connectivity index (χ3n) is 4.82. The number of carbonyl (C=O) groups is 1. The van der Waals surface area contributed by atoms with Crippen LogP contribution in [-0.2, 0) is 11.2 Å². The van der Waals surface area contributed by atoms with Crippen LogP contribution in [0.1, 0.15) is 41.3 Å². The molecule has 3 nitrogen and oxygen atoms in total. The predicted molar refractivity (Wildman–Crippen MR) is 105 cm³/mol. The van der Waals surface area contributed by atoms with Crippen LogP contribution >= 0.6 is 22.9 Å². The van der Waals surface area contributed by atoms with E-state index in [0.717, 1.165) is 35.7 Å². The van der Waals surface area contributed by atoms with E-state index in [9.17, 15) is 4.79 Å². The van der Waals surface area contributed by atoms with Crippen LogP contribution in [-0.4, -0.2) is 30.4 Å². The highest BCUT2D eigenvalue weighted by Crippen LogP contribution is 2.27. The van der Waals surface area contributed by atoms with E-state index in [4.69, 9.17) is 11.6 Å². The van der Waals surface area contributed by atoms with E-state index in [2.05, 4.69) is 27.7 Å². The number of carbonyl (C=O) groups excluding carboxylic acids is 1. The first kappa shape index (κ1) is 18.4. The summed E-state index contributed by atoms with van der Waals surface area (Å²) in [6.45, 7) is 4.93. The molecule has 0 saturated carbocycles. The minimum atomic E-state index is 0.109. The SMILES string of the molecule is Cc1ccc(CCC(=O)NCC(c2cccs2)N2CCCC2)cc1Cl. The Morgan fingerprint density at radius 3 is 2.80 bits per heavy atom. The van der Waals surface area contributed by atoms with Gasteiger partial charge in [0, 0.05) is 22.9 Å². The first-order chi connectivity index (χ1) is 12.1. The molecule has 3 rings (SSSR count). The third kappa shape index (κ3) is 5.06. The zero-order valence-electron chi connectivity index (χ0n) is 14.6. The Hall–Kier alpha value is -1.36. The molecular formula is C20H25ClN2OS. The lowest BCUT2D eigenvalue weighted by Gasteiger charge is -2.27. The minimum absolute atomic E-state index is 0.109. The van der Waals surface area contributed by atoms with Gasteiger partial charge in [-0.25, -0.2) is 0 Å². The van der Waals surface area contributed by atoms with E-state index in [1.54, 1.807) is 11.3 Å². The lowest BCUT2D eigenvalue weighted by Crippen LogP contribution is -2.36. The number of thiophene rings is 1. The number of nitrogens with one attached hydrogen (secondary N) is 1. The molecule has 134 valence electrons. The van der Waals surface area contributed by atoms with Gasteiger partial charge in [0.1, 0.15) is 0 Å². The van der Waals surface area contributed by atoms with Gasteiger partial charge in [0.15, 0.2) is 0 Å². The molecule has 1 saturated heterocycles. The first-order valence-electron chi connectivity index (χ1n) is 8.92. The fourth-order valence-corrected chi connectivity index (χ4v) is 4.36. The molecule has 1 aromatic carbocycles. The van der Waals surface area contributed by atoms with Crippen molar-refractivity contribution in [3.05, 3.63) is 56.7 Å². The number of likely N-dealkylation sites (tertiary alicyclic amines) is 1. The largest absolute Gasteiger partial charge is 0.354 e. The molecule has 1 aromatic heterocycles. The zero-order chi connectivity index (χ0) is 17.6. The minimum Gasteiger partial charge on any atom is -0.354 e. The second-order valence-electron chi connectivity index (χ2n) is 6.66. The molecule has 1 atom stereocenters. The fraction of sp³-hybridized carbons (Fsp3) is 0.450. The molecular weight excluding hydrogens is 352 g/mol. The van der Waals surface area contributed by atoms with Crippen LogP contribution in [0, 0.1) is 6.92 Å². The van der Waals surface area contributed by atoms with Crippen molar-refractivity contribution in [2.24, 2.45) is 0 Å². The highest BCUT2D eigenvalue weighted by molar-refractivity contribution is 7.10. The van der Waals surface area contributed by atoms with E-state index in [-0.39, 0.29) is 5.91 Å². The van der Waals surface area contributed by atoms with Crippen LogP contribution in [0.2, 0.25) is 5.02 Å². The normalized spacial score (nSPS) is 16.1. The average molecular weight is 377 g/mol. The number of halogens is 1. The van der Waals surface area contributed by atoms with Gasteiger partial charge in [-0.1, -0.05) is 29.8 Å². The number of aryl methyl sites for hydroxylation is 2. The van der Waals surface area contributed by atoms with Crippen molar-refractivity contribution in [3.63, 3.8) is 0 Å². The van der Waals surface area contributed by atoms with Crippen LogP contribution in [0.4, 0.5) is 0 Å².